The summed E-state index contributed by atoms with van der Waals surface area (Å²) in [5.41, 5.74) is 14.8. The van der Waals surface area contributed by atoms with Gasteiger partial charge in [-0.3, -0.25) is 0 Å². The van der Waals surface area contributed by atoms with Crippen LogP contribution in [-0.2, 0) is 5.41 Å². The maximum absolute atomic E-state index is 6.78. The Labute approximate surface area is 340 Å². The standard InChI is InChI=1S/C55H37NOS/c1-55(2)45-21-10-15-36-28-32-47(52(51(36)45)44-31-27-37(33-46(44)55)39-18-11-20-43-41-17-7-9-24-50(41)58-54(39)43)56(38-29-25-35(26-30-38)34-13-4-3-5-14-34)48-22-12-19-42-40-16-6-8-23-49(40)57-53(42)48/h3-33H,1-2H3. The number of furan rings is 1. The van der Waals surface area contributed by atoms with Crippen molar-refractivity contribution in [2.45, 2.75) is 19.3 Å². The van der Waals surface area contributed by atoms with E-state index in [1.54, 1.807) is 0 Å². The molecule has 1 aliphatic rings. The largest absolute Gasteiger partial charge is 0.454 e. The van der Waals surface area contributed by atoms with Crippen molar-refractivity contribution in [3.05, 3.63) is 199 Å². The summed E-state index contributed by atoms with van der Waals surface area (Å²) in [7, 11) is 0. The highest BCUT2D eigenvalue weighted by Crippen LogP contribution is 2.55. The lowest BCUT2D eigenvalue weighted by molar-refractivity contribution is 0.645. The lowest BCUT2D eigenvalue weighted by Gasteiger charge is -2.38. The van der Waals surface area contributed by atoms with E-state index in [0.717, 1.165) is 39.0 Å². The van der Waals surface area contributed by atoms with Gasteiger partial charge in [-0.2, -0.15) is 0 Å². The third-order valence-electron chi connectivity index (χ3n) is 12.5. The highest BCUT2D eigenvalue weighted by molar-refractivity contribution is 7.26. The first kappa shape index (κ1) is 33.2. The van der Waals surface area contributed by atoms with Crippen LogP contribution in [0, 0.1) is 0 Å². The van der Waals surface area contributed by atoms with E-state index in [2.05, 4.69) is 201 Å². The molecule has 0 fully saturated rings. The molecular formula is C55H37NOS. The summed E-state index contributed by atoms with van der Waals surface area (Å²) in [6.07, 6.45) is 0. The van der Waals surface area contributed by atoms with E-state index in [0.29, 0.717) is 0 Å². The van der Waals surface area contributed by atoms with Gasteiger partial charge in [0.1, 0.15) is 5.58 Å². The Morgan fingerprint density at radius 1 is 0.483 bits per heavy atom. The van der Waals surface area contributed by atoms with Gasteiger partial charge in [-0.05, 0) is 92.2 Å². The summed E-state index contributed by atoms with van der Waals surface area (Å²) in [5, 5.41) is 7.42. The number of nitrogens with zero attached hydrogens (tertiary/aromatic N) is 1. The molecule has 0 radical (unpaired) electrons. The van der Waals surface area contributed by atoms with E-state index in [9.17, 15) is 0 Å². The maximum atomic E-state index is 6.78. The number of rotatable bonds is 5. The zero-order valence-electron chi connectivity index (χ0n) is 32.2. The fraction of sp³-hybridized carbons (Fsp3) is 0.0545. The third-order valence-corrected chi connectivity index (χ3v) is 13.7. The summed E-state index contributed by atoms with van der Waals surface area (Å²) >= 11 is 1.89. The van der Waals surface area contributed by atoms with Crippen molar-refractivity contribution >= 4 is 81.3 Å². The van der Waals surface area contributed by atoms with E-state index >= 15 is 0 Å². The molecule has 0 saturated heterocycles. The van der Waals surface area contributed by atoms with Crippen molar-refractivity contribution in [1.82, 2.24) is 0 Å². The van der Waals surface area contributed by atoms with E-state index < -0.39 is 0 Å². The van der Waals surface area contributed by atoms with Gasteiger partial charge in [0.25, 0.3) is 0 Å². The van der Waals surface area contributed by atoms with Crippen LogP contribution in [0.5, 0.6) is 0 Å². The van der Waals surface area contributed by atoms with Crippen LogP contribution in [0.25, 0.3) is 86.3 Å². The van der Waals surface area contributed by atoms with Crippen LogP contribution in [-0.4, -0.2) is 0 Å². The molecule has 0 saturated carbocycles. The molecule has 0 spiro atoms. The molecule has 11 aromatic rings. The molecule has 58 heavy (non-hydrogen) atoms. The molecule has 0 bridgehead atoms. The van der Waals surface area contributed by atoms with Gasteiger partial charge >= 0.3 is 0 Å². The van der Waals surface area contributed by atoms with Gasteiger partial charge in [-0.15, -0.1) is 11.3 Å². The minimum absolute atomic E-state index is 0.245. The Balaban J connectivity index is 1.13. The predicted molar refractivity (Wildman–Crippen MR) is 247 cm³/mol. The molecule has 0 atom stereocenters. The Morgan fingerprint density at radius 2 is 1.19 bits per heavy atom. The van der Waals surface area contributed by atoms with Gasteiger partial charge in [0.15, 0.2) is 5.58 Å². The molecule has 274 valence electrons. The summed E-state index contributed by atoms with van der Waals surface area (Å²) in [5.74, 6) is 0. The Morgan fingerprint density at radius 3 is 2.07 bits per heavy atom. The quantitative estimate of drug-likeness (QED) is 0.174. The Hall–Kier alpha value is -6.94. The zero-order valence-corrected chi connectivity index (χ0v) is 33.0. The maximum Gasteiger partial charge on any atom is 0.159 e. The second kappa shape index (κ2) is 12.5. The van der Waals surface area contributed by atoms with Gasteiger partial charge < -0.3 is 9.32 Å². The van der Waals surface area contributed by atoms with Gasteiger partial charge in [0.2, 0.25) is 0 Å². The molecular weight excluding hydrogens is 723 g/mol. The minimum Gasteiger partial charge on any atom is -0.454 e. The number of hydrogen-bond donors (Lipinski definition) is 0. The second-order valence-corrected chi connectivity index (χ2v) is 17.1. The number of thiophene rings is 1. The second-order valence-electron chi connectivity index (χ2n) is 16.0. The summed E-state index contributed by atoms with van der Waals surface area (Å²) in [6, 6.07) is 68.8. The van der Waals surface area contributed by atoms with E-state index in [1.807, 2.05) is 17.4 Å². The minimum atomic E-state index is -0.245. The molecule has 2 aromatic heterocycles. The lowest BCUT2D eigenvalue weighted by atomic mass is 9.67. The molecule has 0 amide bonds. The molecule has 3 heteroatoms. The Kier molecular flexibility index (Phi) is 7.18. The smallest absolute Gasteiger partial charge is 0.159 e. The topological polar surface area (TPSA) is 16.4 Å². The summed E-state index contributed by atoms with van der Waals surface area (Å²) in [4.78, 5) is 2.43. The normalized spacial score (nSPS) is 13.1. The van der Waals surface area contributed by atoms with Gasteiger partial charge in [-0.25, -0.2) is 0 Å². The molecule has 2 nitrogen and oxygen atoms in total. The number of hydrogen-bond acceptors (Lipinski definition) is 3. The highest BCUT2D eigenvalue weighted by atomic mass is 32.1. The zero-order chi connectivity index (χ0) is 38.5. The molecule has 0 N–H and O–H groups in total. The van der Waals surface area contributed by atoms with Crippen LogP contribution in [0.2, 0.25) is 0 Å². The van der Waals surface area contributed by atoms with Crippen molar-refractivity contribution in [3.8, 4) is 33.4 Å². The van der Waals surface area contributed by atoms with Crippen LogP contribution in [0.15, 0.2) is 192 Å². The van der Waals surface area contributed by atoms with E-state index in [1.165, 1.54) is 75.5 Å². The molecule has 2 heterocycles. The van der Waals surface area contributed by atoms with Crippen LogP contribution < -0.4 is 4.90 Å². The van der Waals surface area contributed by atoms with Crippen LogP contribution in [0.3, 0.4) is 0 Å². The number of benzene rings is 9. The van der Waals surface area contributed by atoms with Gasteiger partial charge in [-0.1, -0.05) is 159 Å². The first-order valence-electron chi connectivity index (χ1n) is 20.0. The van der Waals surface area contributed by atoms with Crippen LogP contribution in [0.1, 0.15) is 25.0 Å². The Bertz CT molecular complexity index is 3420. The highest BCUT2D eigenvalue weighted by Gasteiger charge is 2.36. The first-order valence-corrected chi connectivity index (χ1v) is 20.8. The summed E-state index contributed by atoms with van der Waals surface area (Å²) < 4.78 is 9.44. The average molecular weight is 760 g/mol. The third kappa shape index (κ3) is 4.84. The predicted octanol–water partition coefficient (Wildman–Crippen LogP) is 16.2. The molecule has 0 aliphatic heterocycles. The molecule has 1 aliphatic carbocycles. The van der Waals surface area contributed by atoms with Crippen molar-refractivity contribution < 1.29 is 4.42 Å². The van der Waals surface area contributed by atoms with Gasteiger partial charge in [0, 0.05) is 47.6 Å². The van der Waals surface area contributed by atoms with Gasteiger partial charge in [0.05, 0.1) is 11.4 Å². The van der Waals surface area contributed by atoms with Crippen molar-refractivity contribution in [1.29, 1.82) is 0 Å². The van der Waals surface area contributed by atoms with E-state index in [4.69, 9.17) is 4.42 Å². The fourth-order valence-electron chi connectivity index (χ4n) is 9.66. The number of anilines is 3. The van der Waals surface area contributed by atoms with Crippen molar-refractivity contribution in [2.75, 3.05) is 4.90 Å². The van der Waals surface area contributed by atoms with E-state index in [-0.39, 0.29) is 5.41 Å². The SMILES string of the molecule is CC1(C)c2cc(-c3cccc4c3sc3ccccc34)ccc2-c2c(N(c3ccc(-c4ccccc4)cc3)c3cccc4c3oc3ccccc34)ccc3cccc1c23. The van der Waals surface area contributed by atoms with Crippen molar-refractivity contribution in [2.24, 2.45) is 0 Å². The molecule has 9 aromatic carbocycles. The lowest BCUT2D eigenvalue weighted by Crippen LogP contribution is -2.24. The molecule has 0 unspecified atom stereocenters. The number of para-hydroxylation sites is 2. The summed E-state index contributed by atoms with van der Waals surface area (Å²) in [6.45, 7) is 4.80. The van der Waals surface area contributed by atoms with Crippen LogP contribution >= 0.6 is 11.3 Å². The fourth-order valence-corrected chi connectivity index (χ4v) is 10.9. The average Bonchev–Trinajstić information content (AvgIpc) is 3.86. The van der Waals surface area contributed by atoms with Crippen LogP contribution in [0.4, 0.5) is 17.1 Å². The first-order chi connectivity index (χ1) is 28.5. The molecule has 12 rings (SSSR count). The number of fused-ring (bicyclic) bond motifs is 8. The monoisotopic (exact) mass is 759 g/mol. The van der Waals surface area contributed by atoms with Crippen molar-refractivity contribution in [3.63, 3.8) is 0 Å².